The number of thiol groups is 1. The van der Waals surface area contributed by atoms with Crippen LogP contribution in [0.2, 0.25) is 0 Å². The van der Waals surface area contributed by atoms with Gasteiger partial charge < -0.3 is 10.6 Å². The highest BCUT2D eigenvalue weighted by Crippen LogP contribution is 2.13. The van der Waals surface area contributed by atoms with Gasteiger partial charge in [-0.05, 0) is 37.1 Å². The van der Waals surface area contributed by atoms with Crippen molar-refractivity contribution in [2.24, 2.45) is 0 Å². The lowest BCUT2D eigenvalue weighted by Gasteiger charge is -2.12. The van der Waals surface area contributed by atoms with Crippen LogP contribution in [0.25, 0.3) is 0 Å². The van der Waals surface area contributed by atoms with E-state index in [1.54, 1.807) is 0 Å². The first-order chi connectivity index (χ1) is 14.1. The Morgan fingerprint density at radius 2 is 1.38 bits per heavy atom. The zero-order chi connectivity index (χ0) is 20.7. The molecule has 0 aromatic heterocycles. The lowest BCUT2D eigenvalue weighted by molar-refractivity contribution is -0.116. The summed E-state index contributed by atoms with van der Waals surface area (Å²) in [6.07, 6.45) is 8.20. The van der Waals surface area contributed by atoms with Crippen LogP contribution in [0.4, 0.5) is 5.69 Å². The zero-order valence-electron chi connectivity index (χ0n) is 17.0. The van der Waals surface area contributed by atoms with Crippen molar-refractivity contribution in [1.82, 2.24) is 5.32 Å². The highest BCUT2D eigenvalue weighted by atomic mass is 32.1. The molecular weight excluding hydrogens is 380 g/mol. The van der Waals surface area contributed by atoms with Gasteiger partial charge in [0.1, 0.15) is 0 Å². The predicted octanol–water partition coefficient (Wildman–Crippen LogP) is 5.47. The predicted molar refractivity (Wildman–Crippen MR) is 124 cm³/mol. The summed E-state index contributed by atoms with van der Waals surface area (Å²) in [5, 5.41) is 6.05. The van der Waals surface area contributed by atoms with Crippen molar-refractivity contribution >= 4 is 30.1 Å². The zero-order valence-corrected chi connectivity index (χ0v) is 17.9. The summed E-state index contributed by atoms with van der Waals surface area (Å²) in [5.74, 6) is 0.0487. The molecule has 2 rings (SSSR count). The molecule has 0 fully saturated rings. The molecular formula is C24H32N2O2S. The summed E-state index contributed by atoms with van der Waals surface area (Å²) >= 11 is 4.58. The van der Waals surface area contributed by atoms with E-state index in [0.29, 0.717) is 18.5 Å². The molecule has 29 heavy (non-hydrogen) atoms. The molecule has 0 saturated carbocycles. The van der Waals surface area contributed by atoms with Gasteiger partial charge in [-0.1, -0.05) is 68.5 Å². The summed E-state index contributed by atoms with van der Waals surface area (Å²) in [5.41, 5.74) is 1.55. The second-order valence-electron chi connectivity index (χ2n) is 7.30. The van der Waals surface area contributed by atoms with E-state index < -0.39 is 0 Å². The van der Waals surface area contributed by atoms with Crippen LogP contribution in [0, 0.1) is 0 Å². The highest BCUT2D eigenvalue weighted by Gasteiger charge is 2.08. The van der Waals surface area contributed by atoms with Gasteiger partial charge in [0, 0.05) is 29.5 Å². The number of unbranched alkanes of at least 4 members (excludes halogenated alkanes) is 5. The van der Waals surface area contributed by atoms with E-state index in [-0.39, 0.29) is 17.1 Å². The Balaban J connectivity index is 1.42. The molecule has 2 aromatic carbocycles. The molecule has 1 atom stereocenters. The second kappa shape index (κ2) is 13.8. The minimum absolute atomic E-state index is 0.0408. The number of carbonyl (C=O) groups excluding carboxylic acids is 2. The maximum atomic E-state index is 12.0. The van der Waals surface area contributed by atoms with Gasteiger partial charge in [-0.25, -0.2) is 0 Å². The minimum atomic E-state index is -0.0408. The Bertz CT molecular complexity index is 722. The monoisotopic (exact) mass is 412 g/mol. The van der Waals surface area contributed by atoms with E-state index in [2.05, 4.69) is 23.3 Å². The Morgan fingerprint density at radius 3 is 2.07 bits per heavy atom. The van der Waals surface area contributed by atoms with E-state index in [9.17, 15) is 9.59 Å². The third-order valence-electron chi connectivity index (χ3n) is 4.78. The molecule has 156 valence electrons. The topological polar surface area (TPSA) is 58.2 Å². The number of hydrogen-bond acceptors (Lipinski definition) is 3. The Labute approximate surface area is 179 Å². The Morgan fingerprint density at radius 1 is 0.793 bits per heavy atom. The van der Waals surface area contributed by atoms with Crippen LogP contribution in [-0.4, -0.2) is 23.6 Å². The highest BCUT2D eigenvalue weighted by molar-refractivity contribution is 7.81. The van der Waals surface area contributed by atoms with Gasteiger partial charge in [0.2, 0.25) is 5.91 Å². The second-order valence-corrected chi connectivity index (χ2v) is 8.03. The lowest BCUT2D eigenvalue weighted by atomic mass is 10.1. The number of carbonyl (C=O) groups is 2. The van der Waals surface area contributed by atoms with Crippen LogP contribution in [0.15, 0.2) is 60.7 Å². The van der Waals surface area contributed by atoms with Gasteiger partial charge in [0.25, 0.3) is 5.91 Å². The summed E-state index contributed by atoms with van der Waals surface area (Å²) in [7, 11) is 0. The number of para-hydroxylation sites is 1. The summed E-state index contributed by atoms with van der Waals surface area (Å²) in [4.78, 5) is 23.9. The van der Waals surface area contributed by atoms with Gasteiger partial charge in [-0.15, -0.1) is 0 Å². The van der Waals surface area contributed by atoms with Gasteiger partial charge in [0.05, 0.1) is 0 Å². The molecule has 0 aliphatic heterocycles. The number of anilines is 1. The van der Waals surface area contributed by atoms with Gasteiger partial charge in [0.15, 0.2) is 0 Å². The first-order valence-electron chi connectivity index (χ1n) is 10.5. The molecule has 0 saturated heterocycles. The first-order valence-corrected chi connectivity index (χ1v) is 11.0. The van der Waals surface area contributed by atoms with Crippen molar-refractivity contribution in [2.45, 2.75) is 56.6 Å². The van der Waals surface area contributed by atoms with Crippen LogP contribution < -0.4 is 10.6 Å². The molecule has 2 amide bonds. The largest absolute Gasteiger partial charge is 0.351 e. The van der Waals surface area contributed by atoms with Crippen molar-refractivity contribution < 1.29 is 9.59 Å². The molecule has 2 N–H and O–H groups in total. The standard InChI is InChI=1S/C24H32N2O2S/c27-23(26-21-15-9-6-10-16-21)18-12-4-2-1-3-11-17-22(29)19-25-24(28)20-13-7-5-8-14-20/h5-10,13-16,22,29H,1-4,11-12,17-19H2,(H,25,28)(H,26,27). The van der Waals surface area contributed by atoms with Crippen molar-refractivity contribution in [1.29, 1.82) is 0 Å². The van der Waals surface area contributed by atoms with Gasteiger partial charge in [-0.2, -0.15) is 12.6 Å². The normalized spacial score (nSPS) is 11.6. The van der Waals surface area contributed by atoms with Crippen molar-refractivity contribution in [3.63, 3.8) is 0 Å². The molecule has 0 spiro atoms. The first kappa shape index (κ1) is 23.0. The van der Waals surface area contributed by atoms with Crippen molar-refractivity contribution in [3.8, 4) is 0 Å². The molecule has 2 aromatic rings. The SMILES string of the molecule is O=C(CCCCCCCCC(S)CNC(=O)c1ccccc1)Nc1ccccc1. The van der Waals surface area contributed by atoms with Gasteiger partial charge in [-0.3, -0.25) is 9.59 Å². The summed E-state index contributed by atoms with van der Waals surface area (Å²) in [6, 6.07) is 18.8. The molecule has 0 heterocycles. The lowest BCUT2D eigenvalue weighted by Crippen LogP contribution is -2.29. The average molecular weight is 413 g/mol. The van der Waals surface area contributed by atoms with Gasteiger partial charge >= 0.3 is 0 Å². The molecule has 0 bridgehead atoms. The van der Waals surface area contributed by atoms with E-state index in [0.717, 1.165) is 37.8 Å². The fourth-order valence-corrected chi connectivity index (χ4v) is 3.40. The van der Waals surface area contributed by atoms with E-state index in [1.165, 1.54) is 12.8 Å². The van der Waals surface area contributed by atoms with Crippen LogP contribution in [0.3, 0.4) is 0 Å². The third-order valence-corrected chi connectivity index (χ3v) is 5.22. The van der Waals surface area contributed by atoms with Crippen LogP contribution in [-0.2, 0) is 4.79 Å². The molecule has 5 heteroatoms. The van der Waals surface area contributed by atoms with Crippen molar-refractivity contribution in [2.75, 3.05) is 11.9 Å². The van der Waals surface area contributed by atoms with E-state index >= 15 is 0 Å². The van der Waals surface area contributed by atoms with Crippen molar-refractivity contribution in [3.05, 3.63) is 66.2 Å². The Kier molecular flexibility index (Phi) is 11.0. The summed E-state index contributed by atoms with van der Waals surface area (Å²) < 4.78 is 0. The van der Waals surface area contributed by atoms with Crippen LogP contribution in [0.1, 0.15) is 61.7 Å². The minimum Gasteiger partial charge on any atom is -0.351 e. The smallest absolute Gasteiger partial charge is 0.251 e. The summed E-state index contributed by atoms with van der Waals surface area (Å²) in [6.45, 7) is 0.591. The molecule has 1 unspecified atom stereocenters. The van der Waals surface area contributed by atoms with Crippen LogP contribution in [0.5, 0.6) is 0 Å². The number of hydrogen-bond donors (Lipinski definition) is 3. The van der Waals surface area contributed by atoms with Crippen LogP contribution >= 0.6 is 12.6 Å². The number of nitrogens with one attached hydrogen (secondary N) is 2. The third kappa shape index (κ3) is 10.2. The fraction of sp³-hybridized carbons (Fsp3) is 0.417. The quantitative estimate of drug-likeness (QED) is 0.302. The molecule has 0 aliphatic rings. The molecule has 0 aliphatic carbocycles. The maximum Gasteiger partial charge on any atom is 0.251 e. The molecule has 4 nitrogen and oxygen atoms in total. The van der Waals surface area contributed by atoms with E-state index in [1.807, 2.05) is 60.7 Å². The fourth-order valence-electron chi connectivity index (χ4n) is 3.12. The number of rotatable bonds is 13. The number of benzene rings is 2. The van der Waals surface area contributed by atoms with E-state index in [4.69, 9.17) is 0 Å². The Hall–Kier alpha value is -2.27. The number of amides is 2. The molecule has 0 radical (unpaired) electrons. The maximum absolute atomic E-state index is 12.0. The average Bonchev–Trinajstić information content (AvgIpc) is 2.75.